The van der Waals surface area contributed by atoms with Gasteiger partial charge in [-0.05, 0) is 32.9 Å². The maximum atomic E-state index is 12.8. The number of para-hydroxylation sites is 1. The Hall–Kier alpha value is -3.01. The Kier molecular flexibility index (Phi) is 6.06. The number of benzene rings is 1. The summed E-state index contributed by atoms with van der Waals surface area (Å²) in [4.78, 5) is 39.2. The highest BCUT2D eigenvalue weighted by Crippen LogP contribution is 2.18. The Balaban J connectivity index is 1.71. The molecule has 2 aromatic rings. The number of hydrogen-bond acceptors (Lipinski definition) is 6. The van der Waals surface area contributed by atoms with Gasteiger partial charge in [-0.3, -0.25) is 14.4 Å². The predicted octanol–water partition coefficient (Wildman–Crippen LogP) is 0.434. The Labute approximate surface area is 175 Å². The maximum Gasteiger partial charge on any atom is 0.293 e. The lowest BCUT2D eigenvalue weighted by Crippen LogP contribution is -2.52. The van der Waals surface area contributed by atoms with Crippen molar-refractivity contribution in [3.63, 3.8) is 0 Å². The smallest absolute Gasteiger partial charge is 0.293 e. The molecule has 3 rings (SSSR count). The molecule has 1 fully saturated rings. The Morgan fingerprint density at radius 3 is 2.27 bits per heavy atom. The van der Waals surface area contributed by atoms with Gasteiger partial charge in [-0.1, -0.05) is 18.2 Å². The molecule has 2 heterocycles. The number of amides is 2. The van der Waals surface area contributed by atoms with Gasteiger partial charge < -0.3 is 10.2 Å². The average Bonchev–Trinajstić information content (AvgIpc) is 3.01. The molecular formula is C20H24N4O5S. The first kappa shape index (κ1) is 21.7. The second-order valence-corrected chi connectivity index (χ2v) is 9.60. The Morgan fingerprint density at radius 2 is 1.67 bits per heavy atom. The van der Waals surface area contributed by atoms with Gasteiger partial charge in [0.05, 0.1) is 34.1 Å². The van der Waals surface area contributed by atoms with E-state index in [0.717, 1.165) is 5.69 Å². The van der Waals surface area contributed by atoms with E-state index in [2.05, 4.69) is 10.4 Å². The number of nitrogens with zero attached hydrogens (tertiary/aromatic N) is 3. The van der Waals surface area contributed by atoms with E-state index in [1.54, 1.807) is 18.5 Å². The highest BCUT2D eigenvalue weighted by atomic mass is 32.2. The van der Waals surface area contributed by atoms with Crippen molar-refractivity contribution in [1.82, 2.24) is 20.0 Å². The predicted molar refractivity (Wildman–Crippen MR) is 110 cm³/mol. The monoisotopic (exact) mass is 432 g/mol. The lowest BCUT2D eigenvalue weighted by molar-refractivity contribution is -0.134. The van der Waals surface area contributed by atoms with E-state index in [1.807, 2.05) is 30.3 Å². The van der Waals surface area contributed by atoms with Crippen molar-refractivity contribution in [2.24, 2.45) is 0 Å². The molecule has 2 amide bonds. The van der Waals surface area contributed by atoms with E-state index in [4.69, 9.17) is 0 Å². The van der Waals surface area contributed by atoms with Crippen LogP contribution in [0.25, 0.3) is 5.69 Å². The summed E-state index contributed by atoms with van der Waals surface area (Å²) < 4.78 is 24.6. The van der Waals surface area contributed by atoms with Crippen LogP contribution in [0.15, 0.2) is 30.3 Å². The molecule has 1 N–H and O–H groups in total. The quantitative estimate of drug-likeness (QED) is 0.541. The molecule has 30 heavy (non-hydrogen) atoms. The number of hydrogen-bond donors (Lipinski definition) is 1. The van der Waals surface area contributed by atoms with Crippen LogP contribution >= 0.6 is 0 Å². The van der Waals surface area contributed by atoms with Gasteiger partial charge in [-0.2, -0.15) is 5.10 Å². The number of rotatable bonds is 5. The zero-order chi connectivity index (χ0) is 22.1. The number of aryl methyl sites for hydroxylation is 1. The van der Waals surface area contributed by atoms with Crippen LogP contribution in [0.1, 0.15) is 28.7 Å². The van der Waals surface area contributed by atoms with Crippen LogP contribution in [0.5, 0.6) is 0 Å². The van der Waals surface area contributed by atoms with E-state index in [0.29, 0.717) is 11.4 Å². The fourth-order valence-electron chi connectivity index (χ4n) is 3.44. The van der Waals surface area contributed by atoms with Crippen molar-refractivity contribution in [1.29, 1.82) is 0 Å². The highest BCUT2D eigenvalue weighted by molar-refractivity contribution is 7.91. The van der Waals surface area contributed by atoms with Gasteiger partial charge in [-0.15, -0.1) is 0 Å². The van der Waals surface area contributed by atoms with Crippen LogP contribution in [-0.4, -0.2) is 71.3 Å². The van der Waals surface area contributed by atoms with Gasteiger partial charge in [0, 0.05) is 13.1 Å². The molecular weight excluding hydrogens is 408 g/mol. The zero-order valence-electron chi connectivity index (χ0n) is 17.1. The lowest BCUT2D eigenvalue weighted by atomic mass is 10.1. The first-order valence-corrected chi connectivity index (χ1v) is 11.4. The number of carbonyl (C=O) groups is 3. The summed E-state index contributed by atoms with van der Waals surface area (Å²) in [5.74, 6) is -2.29. The van der Waals surface area contributed by atoms with Crippen LogP contribution in [0.3, 0.4) is 0 Å². The number of aromatic nitrogens is 2. The summed E-state index contributed by atoms with van der Waals surface area (Å²) in [5, 5.41) is 6.80. The highest BCUT2D eigenvalue weighted by Gasteiger charge is 2.31. The van der Waals surface area contributed by atoms with Gasteiger partial charge in [0.15, 0.2) is 9.84 Å². The minimum Gasteiger partial charge on any atom is -0.339 e. The summed E-state index contributed by atoms with van der Waals surface area (Å²) in [6, 6.07) is 8.29. The standard InChI is InChI=1S/C20H24N4O5S/c1-13-17(15(3)24(22-13)16-7-5-4-6-8-16)18(25)19(26)21-14(2)20(27)23-9-11-30(28,29)12-10-23/h4-8,14H,9-12H2,1-3H3,(H,21,26). The first-order valence-electron chi connectivity index (χ1n) is 9.57. The summed E-state index contributed by atoms with van der Waals surface area (Å²) in [6.45, 7) is 4.99. The summed E-state index contributed by atoms with van der Waals surface area (Å²) in [6.07, 6.45) is 0. The van der Waals surface area contributed by atoms with Gasteiger partial charge in [-0.25, -0.2) is 13.1 Å². The third-order valence-corrected chi connectivity index (χ3v) is 6.71. The normalized spacial score (nSPS) is 16.7. The summed E-state index contributed by atoms with van der Waals surface area (Å²) in [5.41, 5.74) is 1.90. The first-order chi connectivity index (χ1) is 14.1. The van der Waals surface area contributed by atoms with E-state index in [-0.39, 0.29) is 30.2 Å². The molecule has 1 aliphatic rings. The Bertz CT molecular complexity index is 1080. The molecule has 160 valence electrons. The molecule has 1 aromatic carbocycles. The number of sulfone groups is 1. The molecule has 10 heteroatoms. The average molecular weight is 433 g/mol. The molecule has 0 bridgehead atoms. The molecule has 1 aliphatic heterocycles. The zero-order valence-corrected chi connectivity index (χ0v) is 17.9. The van der Waals surface area contributed by atoms with Crippen molar-refractivity contribution in [2.45, 2.75) is 26.8 Å². The maximum absolute atomic E-state index is 12.8. The van der Waals surface area contributed by atoms with E-state index < -0.39 is 33.5 Å². The minimum atomic E-state index is -3.12. The van der Waals surface area contributed by atoms with Crippen LogP contribution in [0.4, 0.5) is 0 Å². The summed E-state index contributed by atoms with van der Waals surface area (Å²) in [7, 11) is -3.12. The number of Topliss-reactive ketones (excluding diaryl/α,β-unsaturated/α-hetero) is 1. The lowest BCUT2D eigenvalue weighted by Gasteiger charge is -2.29. The second-order valence-electron chi connectivity index (χ2n) is 7.29. The molecule has 1 unspecified atom stereocenters. The summed E-state index contributed by atoms with van der Waals surface area (Å²) >= 11 is 0. The number of carbonyl (C=O) groups excluding carboxylic acids is 3. The number of ketones is 1. The third-order valence-electron chi connectivity index (χ3n) is 5.10. The van der Waals surface area contributed by atoms with Crippen LogP contribution in [0, 0.1) is 13.8 Å². The fraction of sp³-hybridized carbons (Fsp3) is 0.400. The van der Waals surface area contributed by atoms with E-state index in [1.165, 1.54) is 11.8 Å². The Morgan fingerprint density at radius 1 is 1.07 bits per heavy atom. The minimum absolute atomic E-state index is 0.0807. The van der Waals surface area contributed by atoms with Crippen LogP contribution in [-0.2, 0) is 19.4 Å². The van der Waals surface area contributed by atoms with E-state index in [9.17, 15) is 22.8 Å². The van der Waals surface area contributed by atoms with Crippen LogP contribution < -0.4 is 5.32 Å². The molecule has 9 nitrogen and oxygen atoms in total. The topological polar surface area (TPSA) is 118 Å². The van der Waals surface area contributed by atoms with Gasteiger partial charge in [0.1, 0.15) is 6.04 Å². The molecule has 1 saturated heterocycles. The van der Waals surface area contributed by atoms with Crippen molar-refractivity contribution >= 4 is 27.4 Å². The fourth-order valence-corrected chi connectivity index (χ4v) is 4.64. The van der Waals surface area contributed by atoms with Crippen LogP contribution in [0.2, 0.25) is 0 Å². The van der Waals surface area contributed by atoms with Crippen molar-refractivity contribution in [3.8, 4) is 5.69 Å². The van der Waals surface area contributed by atoms with Crippen molar-refractivity contribution < 1.29 is 22.8 Å². The van der Waals surface area contributed by atoms with Gasteiger partial charge in [0.25, 0.3) is 11.7 Å². The SMILES string of the molecule is Cc1nn(-c2ccccc2)c(C)c1C(=O)C(=O)NC(C)C(=O)N1CCS(=O)(=O)CC1. The second kappa shape index (κ2) is 8.39. The largest absolute Gasteiger partial charge is 0.339 e. The third kappa shape index (κ3) is 4.43. The van der Waals surface area contributed by atoms with Crippen molar-refractivity contribution in [2.75, 3.05) is 24.6 Å². The molecule has 0 spiro atoms. The molecule has 0 radical (unpaired) electrons. The molecule has 1 aromatic heterocycles. The molecule has 0 saturated carbocycles. The number of nitrogens with one attached hydrogen (secondary N) is 1. The van der Waals surface area contributed by atoms with Crippen molar-refractivity contribution in [3.05, 3.63) is 47.3 Å². The van der Waals surface area contributed by atoms with Gasteiger partial charge in [0.2, 0.25) is 5.91 Å². The molecule has 1 atom stereocenters. The van der Waals surface area contributed by atoms with E-state index >= 15 is 0 Å². The molecule has 0 aliphatic carbocycles. The van der Waals surface area contributed by atoms with Gasteiger partial charge >= 0.3 is 0 Å².